The summed E-state index contributed by atoms with van der Waals surface area (Å²) in [5, 5.41) is 12.5. The summed E-state index contributed by atoms with van der Waals surface area (Å²) in [4.78, 5) is 16.2. The lowest BCUT2D eigenvalue weighted by Crippen LogP contribution is -2.47. The van der Waals surface area contributed by atoms with E-state index >= 15 is 0 Å². The number of amides is 1. The number of rotatable bonds is 3. The molecule has 24 heavy (non-hydrogen) atoms. The van der Waals surface area contributed by atoms with Gasteiger partial charge in [0.2, 0.25) is 0 Å². The van der Waals surface area contributed by atoms with Crippen LogP contribution in [0.3, 0.4) is 0 Å². The van der Waals surface area contributed by atoms with Crippen molar-refractivity contribution in [3.8, 4) is 11.8 Å². The number of benzene rings is 1. The molecule has 2 aromatic rings. The molecule has 4 nitrogen and oxygen atoms in total. The highest BCUT2D eigenvalue weighted by Gasteiger charge is 2.24. The lowest BCUT2D eigenvalue weighted by atomic mass is 10.0. The van der Waals surface area contributed by atoms with Crippen LogP contribution in [-0.2, 0) is 0 Å². The number of aliphatic hydroxyl groups is 1. The van der Waals surface area contributed by atoms with Gasteiger partial charge in [0.05, 0.1) is 11.6 Å². The number of nitrogens with one attached hydrogen (secondary N) is 1. The Morgan fingerprint density at radius 3 is 2.29 bits per heavy atom. The number of carbonyl (C=O) groups is 1. The highest BCUT2D eigenvalue weighted by atomic mass is 19.1. The van der Waals surface area contributed by atoms with Crippen molar-refractivity contribution in [3.63, 3.8) is 0 Å². The molecule has 1 heterocycles. The van der Waals surface area contributed by atoms with Crippen molar-refractivity contribution in [2.45, 2.75) is 32.4 Å². The molecule has 1 aromatic heterocycles. The number of hydrogen-bond acceptors (Lipinski definition) is 3. The molecule has 2 rings (SSSR count). The topological polar surface area (TPSA) is 62.2 Å². The second kappa shape index (κ2) is 7.24. The molecule has 0 saturated carbocycles. The molecule has 2 N–H and O–H groups in total. The SMILES string of the molecule is C[C@@H](NC(=O)c1ccc(C#Cc2ccc(F)cc2)cn1)C(C)(C)O. The van der Waals surface area contributed by atoms with Gasteiger partial charge in [-0.15, -0.1) is 0 Å². The van der Waals surface area contributed by atoms with E-state index in [0.717, 1.165) is 0 Å². The van der Waals surface area contributed by atoms with Crippen molar-refractivity contribution in [2.75, 3.05) is 0 Å². The average Bonchev–Trinajstić information content (AvgIpc) is 2.54. The largest absolute Gasteiger partial charge is 0.388 e. The van der Waals surface area contributed by atoms with Crippen LogP contribution in [0.15, 0.2) is 42.6 Å². The maximum absolute atomic E-state index is 12.8. The molecule has 0 saturated heterocycles. The van der Waals surface area contributed by atoms with E-state index in [-0.39, 0.29) is 17.4 Å². The van der Waals surface area contributed by atoms with Gasteiger partial charge in [-0.1, -0.05) is 11.8 Å². The minimum absolute atomic E-state index is 0.249. The summed E-state index contributed by atoms with van der Waals surface area (Å²) >= 11 is 0. The van der Waals surface area contributed by atoms with Crippen LogP contribution in [0.5, 0.6) is 0 Å². The molecule has 0 radical (unpaired) electrons. The lowest BCUT2D eigenvalue weighted by Gasteiger charge is -2.26. The number of hydrogen-bond donors (Lipinski definition) is 2. The standard InChI is InChI=1S/C19H19FN2O2/c1-13(19(2,3)24)22-18(23)17-11-8-15(12-21-17)5-4-14-6-9-16(20)10-7-14/h6-13,24H,1-3H3,(H,22,23)/t13-/m1/s1. The minimum atomic E-state index is -1.02. The molecule has 0 bridgehead atoms. The van der Waals surface area contributed by atoms with E-state index in [2.05, 4.69) is 22.1 Å². The molecule has 0 unspecified atom stereocenters. The summed E-state index contributed by atoms with van der Waals surface area (Å²) in [6.07, 6.45) is 1.50. The van der Waals surface area contributed by atoms with Crippen LogP contribution in [0, 0.1) is 17.7 Å². The Morgan fingerprint density at radius 2 is 1.75 bits per heavy atom. The molecule has 0 aliphatic heterocycles. The minimum Gasteiger partial charge on any atom is -0.388 e. The van der Waals surface area contributed by atoms with Crippen molar-refractivity contribution >= 4 is 5.91 Å². The van der Waals surface area contributed by atoms with E-state index in [1.807, 2.05) is 0 Å². The Labute approximate surface area is 140 Å². The highest BCUT2D eigenvalue weighted by molar-refractivity contribution is 5.92. The van der Waals surface area contributed by atoms with Gasteiger partial charge in [-0.2, -0.15) is 0 Å². The first kappa shape index (κ1) is 17.6. The first-order valence-corrected chi connectivity index (χ1v) is 7.52. The zero-order valence-electron chi connectivity index (χ0n) is 13.8. The maximum Gasteiger partial charge on any atom is 0.270 e. The van der Waals surface area contributed by atoms with E-state index in [1.54, 1.807) is 45.0 Å². The third kappa shape index (κ3) is 4.90. The van der Waals surface area contributed by atoms with Crippen molar-refractivity contribution < 1.29 is 14.3 Å². The van der Waals surface area contributed by atoms with Gasteiger partial charge in [-0.05, 0) is 57.2 Å². The molecule has 0 aliphatic rings. The molecule has 1 aromatic carbocycles. The maximum atomic E-state index is 12.8. The molecule has 1 amide bonds. The van der Waals surface area contributed by atoms with Crippen molar-refractivity contribution in [3.05, 3.63) is 65.2 Å². The monoisotopic (exact) mass is 326 g/mol. The van der Waals surface area contributed by atoms with Gasteiger partial charge in [0.15, 0.2) is 0 Å². The van der Waals surface area contributed by atoms with Crippen LogP contribution in [0.4, 0.5) is 4.39 Å². The molecule has 124 valence electrons. The summed E-state index contributed by atoms with van der Waals surface area (Å²) in [5.74, 6) is 5.14. The fourth-order valence-corrected chi connectivity index (χ4v) is 1.73. The predicted octanol–water partition coefficient (Wildman–Crippen LogP) is 2.51. The van der Waals surface area contributed by atoms with E-state index in [4.69, 9.17) is 0 Å². The van der Waals surface area contributed by atoms with E-state index in [9.17, 15) is 14.3 Å². The summed E-state index contributed by atoms with van der Waals surface area (Å²) in [6, 6.07) is 8.73. The van der Waals surface area contributed by atoms with Crippen molar-refractivity contribution in [2.24, 2.45) is 0 Å². The summed E-state index contributed by atoms with van der Waals surface area (Å²) < 4.78 is 12.8. The molecule has 5 heteroatoms. The molecule has 0 aliphatic carbocycles. The Hall–Kier alpha value is -2.71. The molecule has 1 atom stereocenters. The number of carbonyl (C=O) groups excluding carboxylic acids is 1. The van der Waals surface area contributed by atoms with Crippen LogP contribution in [-0.4, -0.2) is 27.6 Å². The first-order chi connectivity index (χ1) is 11.3. The van der Waals surface area contributed by atoms with Gasteiger partial charge in [-0.25, -0.2) is 9.37 Å². The number of pyridine rings is 1. The number of halogens is 1. The highest BCUT2D eigenvalue weighted by Crippen LogP contribution is 2.09. The lowest BCUT2D eigenvalue weighted by molar-refractivity contribution is 0.0407. The van der Waals surface area contributed by atoms with Gasteiger partial charge in [0.1, 0.15) is 11.5 Å². The Kier molecular flexibility index (Phi) is 5.32. The molecule has 0 fully saturated rings. The summed E-state index contributed by atoms with van der Waals surface area (Å²) in [5.41, 5.74) is 0.568. The van der Waals surface area contributed by atoms with Gasteiger partial charge in [0, 0.05) is 17.3 Å². The van der Waals surface area contributed by atoms with Crippen LogP contribution < -0.4 is 5.32 Å². The van der Waals surface area contributed by atoms with Crippen molar-refractivity contribution in [1.82, 2.24) is 10.3 Å². The van der Waals surface area contributed by atoms with Crippen LogP contribution in [0.1, 0.15) is 42.4 Å². The Bertz CT molecular complexity index is 766. The van der Waals surface area contributed by atoms with Gasteiger partial charge in [-0.3, -0.25) is 4.79 Å². The summed E-state index contributed by atoms with van der Waals surface area (Å²) in [6.45, 7) is 4.97. The molecule has 0 spiro atoms. The Balaban J connectivity index is 2.05. The zero-order chi connectivity index (χ0) is 17.7. The van der Waals surface area contributed by atoms with Crippen LogP contribution in [0.25, 0.3) is 0 Å². The zero-order valence-corrected chi connectivity index (χ0v) is 13.8. The first-order valence-electron chi connectivity index (χ1n) is 7.52. The molecular formula is C19H19FN2O2. The average molecular weight is 326 g/mol. The van der Waals surface area contributed by atoms with Crippen LogP contribution >= 0.6 is 0 Å². The third-order valence-corrected chi connectivity index (χ3v) is 3.60. The predicted molar refractivity (Wildman–Crippen MR) is 89.8 cm³/mol. The smallest absolute Gasteiger partial charge is 0.270 e. The van der Waals surface area contributed by atoms with E-state index < -0.39 is 11.6 Å². The van der Waals surface area contributed by atoms with E-state index in [1.165, 1.54) is 18.3 Å². The number of aromatic nitrogens is 1. The fraction of sp³-hybridized carbons (Fsp3) is 0.263. The third-order valence-electron chi connectivity index (χ3n) is 3.60. The van der Waals surface area contributed by atoms with Gasteiger partial charge >= 0.3 is 0 Å². The summed E-state index contributed by atoms with van der Waals surface area (Å²) in [7, 11) is 0. The second-order valence-electron chi connectivity index (χ2n) is 6.04. The quantitative estimate of drug-likeness (QED) is 0.852. The normalized spacial score (nSPS) is 12.0. The van der Waals surface area contributed by atoms with Gasteiger partial charge in [0.25, 0.3) is 5.91 Å². The fourth-order valence-electron chi connectivity index (χ4n) is 1.73. The van der Waals surface area contributed by atoms with Crippen LogP contribution in [0.2, 0.25) is 0 Å². The number of nitrogens with zero attached hydrogens (tertiary/aromatic N) is 1. The van der Waals surface area contributed by atoms with Crippen molar-refractivity contribution in [1.29, 1.82) is 0 Å². The molecular weight excluding hydrogens is 307 g/mol. The van der Waals surface area contributed by atoms with E-state index in [0.29, 0.717) is 11.1 Å². The second-order valence-corrected chi connectivity index (χ2v) is 6.04. The van der Waals surface area contributed by atoms with Gasteiger partial charge < -0.3 is 10.4 Å². The Morgan fingerprint density at radius 1 is 1.17 bits per heavy atom.